The number of nitro benzene ring substituents is 1. The van der Waals surface area contributed by atoms with Crippen LogP contribution in [0.15, 0.2) is 97.6 Å². The van der Waals surface area contributed by atoms with Gasteiger partial charge < -0.3 is 14.5 Å². The van der Waals surface area contributed by atoms with Gasteiger partial charge in [0.25, 0.3) is 5.69 Å². The molecule has 1 aromatic heterocycles. The van der Waals surface area contributed by atoms with Crippen molar-refractivity contribution < 1.29 is 14.5 Å². The van der Waals surface area contributed by atoms with Crippen molar-refractivity contribution in [3.05, 3.63) is 119 Å². The van der Waals surface area contributed by atoms with E-state index < -0.39 is 11.0 Å². The molecule has 4 aromatic rings. The molecule has 44 heavy (non-hydrogen) atoms. The third kappa shape index (κ3) is 7.93. The zero-order valence-corrected chi connectivity index (χ0v) is 24.6. The molecule has 1 aliphatic rings. The van der Waals surface area contributed by atoms with Gasteiger partial charge in [-0.2, -0.15) is 0 Å². The number of hydrogen-bond acceptors (Lipinski definition) is 8. The van der Waals surface area contributed by atoms with Crippen LogP contribution in [0.4, 0.5) is 10.5 Å². The normalized spacial score (nSPS) is 14.5. The van der Waals surface area contributed by atoms with E-state index in [0.717, 1.165) is 50.3 Å². The number of amides is 1. The number of hydrogen-bond donors (Lipinski definition) is 0. The maximum atomic E-state index is 13.0. The van der Waals surface area contributed by atoms with Crippen LogP contribution in [0.3, 0.4) is 0 Å². The van der Waals surface area contributed by atoms with Gasteiger partial charge in [-0.3, -0.25) is 10.1 Å². The Morgan fingerprint density at radius 3 is 2.39 bits per heavy atom. The molecule has 1 unspecified atom stereocenters. The van der Waals surface area contributed by atoms with Gasteiger partial charge in [0, 0.05) is 49.3 Å². The van der Waals surface area contributed by atoms with Gasteiger partial charge in [-0.15, -0.1) is 11.7 Å². The van der Waals surface area contributed by atoms with Crippen molar-refractivity contribution in [1.82, 2.24) is 30.0 Å². The van der Waals surface area contributed by atoms with E-state index in [1.54, 1.807) is 23.1 Å². The molecular weight excluding hydrogens is 558 g/mol. The second-order valence-corrected chi connectivity index (χ2v) is 10.9. The van der Waals surface area contributed by atoms with Crippen LogP contribution in [0.5, 0.6) is 0 Å². The summed E-state index contributed by atoms with van der Waals surface area (Å²) in [6.07, 6.45) is 3.92. The topological polar surface area (TPSA) is 120 Å². The zero-order chi connectivity index (χ0) is 30.7. The molecule has 1 aliphatic heterocycles. The van der Waals surface area contributed by atoms with E-state index in [1.807, 2.05) is 41.1 Å². The number of benzene rings is 3. The van der Waals surface area contributed by atoms with E-state index in [9.17, 15) is 14.9 Å². The summed E-state index contributed by atoms with van der Waals surface area (Å²) in [5, 5.41) is 23.5. The van der Waals surface area contributed by atoms with Crippen LogP contribution in [0.1, 0.15) is 36.3 Å². The van der Waals surface area contributed by atoms with Crippen molar-refractivity contribution >= 4 is 11.8 Å². The lowest BCUT2D eigenvalue weighted by Crippen LogP contribution is -2.47. The van der Waals surface area contributed by atoms with Gasteiger partial charge in [0.1, 0.15) is 6.61 Å². The Hall–Kier alpha value is -4.90. The Balaban J connectivity index is 1.16. The summed E-state index contributed by atoms with van der Waals surface area (Å²) in [6.45, 7) is 7.61. The van der Waals surface area contributed by atoms with Gasteiger partial charge in [0.05, 0.1) is 11.5 Å². The first kappa shape index (κ1) is 30.6. The largest absolute Gasteiger partial charge is 0.445 e. The fourth-order valence-corrected chi connectivity index (χ4v) is 5.67. The molecule has 0 N–H and O–H groups in total. The first-order chi connectivity index (χ1) is 21.5. The molecule has 0 spiro atoms. The average Bonchev–Trinajstić information content (AvgIpc) is 3.54. The third-order valence-corrected chi connectivity index (χ3v) is 8.09. The smallest absolute Gasteiger partial charge is 0.410 e. The Kier molecular flexibility index (Phi) is 10.4. The summed E-state index contributed by atoms with van der Waals surface area (Å²) in [5.74, 6) is 0.988. The summed E-state index contributed by atoms with van der Waals surface area (Å²) >= 11 is 0. The van der Waals surface area contributed by atoms with Gasteiger partial charge in [-0.05, 0) is 59.5 Å². The summed E-state index contributed by atoms with van der Waals surface area (Å²) in [7, 11) is 0. The van der Waals surface area contributed by atoms with Crippen LogP contribution < -0.4 is 0 Å². The fraction of sp³-hybridized carbons (Fsp3) is 0.333. The number of piperidine rings is 1. The Bertz CT molecular complexity index is 1500. The standard InChI is InChI=1S/C33H37N7O4/c1-2-20-38(33(41)44-25-26-13-15-31(16-14-26)40(42)43)30-18-22-37(23-19-30)21-17-29(27-9-5-3-6-10-27)24-39-32(34-35-36-39)28-11-7-4-8-12-28/h2-16,29-30H,1,17-25H2. The zero-order valence-electron chi connectivity index (χ0n) is 24.6. The first-order valence-corrected chi connectivity index (χ1v) is 14.9. The summed E-state index contributed by atoms with van der Waals surface area (Å²) in [5.41, 5.74) is 2.94. The Labute approximate surface area is 256 Å². The van der Waals surface area contributed by atoms with Crippen LogP contribution in [0, 0.1) is 10.1 Å². The summed E-state index contributed by atoms with van der Waals surface area (Å²) in [4.78, 5) is 27.7. The predicted molar refractivity (Wildman–Crippen MR) is 167 cm³/mol. The third-order valence-electron chi connectivity index (χ3n) is 8.09. The molecule has 11 heteroatoms. The van der Waals surface area contributed by atoms with Crippen molar-refractivity contribution in [2.75, 3.05) is 26.2 Å². The number of nitro groups is 1. The lowest BCUT2D eigenvalue weighted by molar-refractivity contribution is -0.384. The number of tetrazole rings is 1. The molecule has 0 bridgehead atoms. The molecule has 228 valence electrons. The molecule has 1 amide bonds. The second kappa shape index (κ2) is 15.0. The van der Waals surface area contributed by atoms with E-state index >= 15 is 0 Å². The van der Waals surface area contributed by atoms with E-state index in [2.05, 4.69) is 51.3 Å². The monoisotopic (exact) mass is 595 g/mol. The van der Waals surface area contributed by atoms with Gasteiger partial charge in [0.2, 0.25) is 0 Å². The van der Waals surface area contributed by atoms with Crippen LogP contribution >= 0.6 is 0 Å². The van der Waals surface area contributed by atoms with Crippen LogP contribution in [-0.4, -0.2) is 73.2 Å². The molecule has 0 radical (unpaired) electrons. The summed E-state index contributed by atoms with van der Waals surface area (Å²) in [6, 6.07) is 26.6. The minimum Gasteiger partial charge on any atom is -0.445 e. The quantitative estimate of drug-likeness (QED) is 0.110. The van der Waals surface area contributed by atoms with Crippen molar-refractivity contribution in [2.45, 2.75) is 44.4 Å². The maximum absolute atomic E-state index is 13.0. The molecular formula is C33H37N7O4. The highest BCUT2D eigenvalue weighted by Crippen LogP contribution is 2.26. The number of rotatable bonds is 13. The lowest BCUT2D eigenvalue weighted by atomic mass is 9.94. The first-order valence-electron chi connectivity index (χ1n) is 14.9. The number of non-ortho nitro benzene ring substituents is 1. The fourth-order valence-electron chi connectivity index (χ4n) is 5.67. The highest BCUT2D eigenvalue weighted by Gasteiger charge is 2.29. The number of aromatic nitrogens is 4. The molecule has 1 saturated heterocycles. The highest BCUT2D eigenvalue weighted by molar-refractivity contribution is 5.68. The molecule has 2 heterocycles. The second-order valence-electron chi connectivity index (χ2n) is 10.9. The van der Waals surface area contributed by atoms with Crippen LogP contribution in [-0.2, 0) is 17.9 Å². The Morgan fingerprint density at radius 2 is 1.73 bits per heavy atom. The van der Waals surface area contributed by atoms with Gasteiger partial charge >= 0.3 is 6.09 Å². The minimum absolute atomic E-state index is 0.00236. The molecule has 11 nitrogen and oxygen atoms in total. The molecule has 5 rings (SSSR count). The molecule has 0 saturated carbocycles. The van der Waals surface area contributed by atoms with Crippen molar-refractivity contribution in [2.24, 2.45) is 0 Å². The number of carbonyl (C=O) groups excluding carboxylic acids is 1. The van der Waals surface area contributed by atoms with Crippen LogP contribution in [0.25, 0.3) is 11.4 Å². The van der Waals surface area contributed by atoms with Crippen molar-refractivity contribution in [1.29, 1.82) is 0 Å². The van der Waals surface area contributed by atoms with Crippen molar-refractivity contribution in [3.63, 3.8) is 0 Å². The van der Waals surface area contributed by atoms with E-state index in [1.165, 1.54) is 17.7 Å². The maximum Gasteiger partial charge on any atom is 0.410 e. The molecule has 1 atom stereocenters. The number of nitrogens with zero attached hydrogens (tertiary/aromatic N) is 7. The van der Waals surface area contributed by atoms with Gasteiger partial charge in [-0.25, -0.2) is 9.48 Å². The van der Waals surface area contributed by atoms with E-state index in [0.29, 0.717) is 18.7 Å². The Morgan fingerprint density at radius 1 is 1.05 bits per heavy atom. The van der Waals surface area contributed by atoms with E-state index in [4.69, 9.17) is 4.74 Å². The molecule has 1 fully saturated rings. The van der Waals surface area contributed by atoms with Gasteiger partial charge in [-0.1, -0.05) is 66.7 Å². The number of likely N-dealkylation sites (tertiary alicyclic amines) is 1. The minimum atomic E-state index is -0.452. The number of ether oxygens (including phenoxy) is 1. The average molecular weight is 596 g/mol. The SMILES string of the molecule is C=CCN(C(=O)OCc1ccc([N+](=O)[O-])cc1)C1CCN(CCC(Cn2nnnc2-c2ccccc2)c2ccccc2)CC1. The van der Waals surface area contributed by atoms with Crippen molar-refractivity contribution in [3.8, 4) is 11.4 Å². The molecule has 0 aliphatic carbocycles. The van der Waals surface area contributed by atoms with E-state index in [-0.39, 0.29) is 24.3 Å². The molecule has 3 aromatic carbocycles. The van der Waals surface area contributed by atoms with Crippen LogP contribution in [0.2, 0.25) is 0 Å². The predicted octanol–water partition coefficient (Wildman–Crippen LogP) is 5.71. The highest BCUT2D eigenvalue weighted by atomic mass is 16.6. The van der Waals surface area contributed by atoms with Gasteiger partial charge in [0.15, 0.2) is 5.82 Å². The number of carbonyl (C=O) groups is 1. The lowest BCUT2D eigenvalue weighted by Gasteiger charge is -2.38. The summed E-state index contributed by atoms with van der Waals surface area (Å²) < 4.78 is 7.48.